The number of aryl methyl sites for hydroxylation is 1. The van der Waals surface area contributed by atoms with Gasteiger partial charge in [-0.25, -0.2) is 13.4 Å². The van der Waals surface area contributed by atoms with Crippen LogP contribution < -0.4 is 4.72 Å². The SMILES string of the molecule is COC[C@@H]1CCCN1C(=O)c1ncc(Cl)cc1NS(=O)(=O)c1ccc(Cl)c(C)c1. The van der Waals surface area contributed by atoms with E-state index in [1.54, 1.807) is 18.9 Å². The van der Waals surface area contributed by atoms with Gasteiger partial charge in [-0.05, 0) is 49.6 Å². The van der Waals surface area contributed by atoms with Gasteiger partial charge in [0.25, 0.3) is 15.9 Å². The van der Waals surface area contributed by atoms with Crippen LogP contribution in [0.3, 0.4) is 0 Å². The zero-order valence-corrected chi connectivity index (χ0v) is 18.3. The summed E-state index contributed by atoms with van der Waals surface area (Å²) in [5.74, 6) is -0.369. The Hall–Kier alpha value is -1.87. The molecular formula is C19H21Cl2N3O4S. The third-order valence-electron chi connectivity index (χ3n) is 4.74. The van der Waals surface area contributed by atoms with Crippen molar-refractivity contribution >= 4 is 44.8 Å². The minimum atomic E-state index is -3.98. The number of nitrogens with one attached hydrogen (secondary N) is 1. The molecule has 0 aliphatic carbocycles. The molecule has 156 valence electrons. The molecule has 0 bridgehead atoms. The number of sulfonamides is 1. The highest BCUT2D eigenvalue weighted by Gasteiger charge is 2.32. The van der Waals surface area contributed by atoms with Crippen LogP contribution in [0.4, 0.5) is 5.69 Å². The van der Waals surface area contributed by atoms with E-state index >= 15 is 0 Å². The summed E-state index contributed by atoms with van der Waals surface area (Å²) in [6, 6.07) is 5.66. The first-order valence-corrected chi connectivity index (χ1v) is 11.2. The number of likely N-dealkylation sites (tertiary alicyclic amines) is 1. The van der Waals surface area contributed by atoms with Crippen LogP contribution in [-0.2, 0) is 14.8 Å². The second kappa shape index (κ2) is 8.87. The number of benzene rings is 1. The van der Waals surface area contributed by atoms with Crippen molar-refractivity contribution in [2.75, 3.05) is 25.0 Å². The number of methoxy groups -OCH3 is 1. The van der Waals surface area contributed by atoms with Crippen LogP contribution in [-0.4, -0.2) is 50.5 Å². The van der Waals surface area contributed by atoms with Gasteiger partial charge in [0.05, 0.1) is 28.3 Å². The zero-order chi connectivity index (χ0) is 21.2. The van der Waals surface area contributed by atoms with Crippen molar-refractivity contribution in [3.8, 4) is 0 Å². The van der Waals surface area contributed by atoms with Crippen LogP contribution in [0.2, 0.25) is 10.0 Å². The largest absolute Gasteiger partial charge is 0.383 e. The van der Waals surface area contributed by atoms with Gasteiger partial charge in [-0.2, -0.15) is 0 Å². The fourth-order valence-electron chi connectivity index (χ4n) is 3.28. The minimum absolute atomic E-state index is 0.00772. The number of carbonyl (C=O) groups is 1. The van der Waals surface area contributed by atoms with Crippen molar-refractivity contribution in [1.29, 1.82) is 0 Å². The lowest BCUT2D eigenvalue weighted by atomic mass is 10.2. The lowest BCUT2D eigenvalue weighted by Gasteiger charge is -2.24. The fourth-order valence-corrected chi connectivity index (χ4v) is 4.70. The molecule has 1 fully saturated rings. The molecule has 1 N–H and O–H groups in total. The Bertz CT molecular complexity index is 1030. The number of anilines is 1. The van der Waals surface area contributed by atoms with Gasteiger partial charge in [0.15, 0.2) is 5.69 Å². The van der Waals surface area contributed by atoms with Crippen LogP contribution in [0.5, 0.6) is 0 Å². The first kappa shape index (κ1) is 21.8. The van der Waals surface area contributed by atoms with E-state index in [1.807, 2.05) is 0 Å². The second-order valence-corrected chi connectivity index (χ2v) is 9.34. The molecule has 1 amide bonds. The molecule has 0 unspecified atom stereocenters. The van der Waals surface area contributed by atoms with E-state index in [4.69, 9.17) is 27.9 Å². The monoisotopic (exact) mass is 457 g/mol. The summed E-state index contributed by atoms with van der Waals surface area (Å²) in [7, 11) is -2.40. The molecule has 1 aromatic carbocycles. The van der Waals surface area contributed by atoms with Gasteiger partial charge < -0.3 is 9.64 Å². The summed E-state index contributed by atoms with van der Waals surface area (Å²) in [6.45, 7) is 2.67. The highest BCUT2D eigenvalue weighted by Crippen LogP contribution is 2.27. The van der Waals surface area contributed by atoms with Gasteiger partial charge in [-0.15, -0.1) is 0 Å². The van der Waals surface area contributed by atoms with Crippen molar-refractivity contribution in [3.05, 3.63) is 51.8 Å². The number of ether oxygens (including phenoxy) is 1. The molecule has 29 heavy (non-hydrogen) atoms. The smallest absolute Gasteiger partial charge is 0.274 e. The Morgan fingerprint density at radius 3 is 2.79 bits per heavy atom. The van der Waals surface area contributed by atoms with E-state index in [0.717, 1.165) is 12.8 Å². The summed E-state index contributed by atoms with van der Waals surface area (Å²) in [5.41, 5.74) is 0.638. The Kier molecular flexibility index (Phi) is 6.68. The second-order valence-electron chi connectivity index (χ2n) is 6.82. The molecule has 1 aliphatic heterocycles. The van der Waals surface area contributed by atoms with Gasteiger partial charge in [0.1, 0.15) is 0 Å². The normalized spacial score (nSPS) is 16.8. The van der Waals surface area contributed by atoms with Crippen molar-refractivity contribution < 1.29 is 17.9 Å². The molecular weight excluding hydrogens is 437 g/mol. The van der Waals surface area contributed by atoms with Gasteiger partial charge in [0, 0.05) is 24.9 Å². The first-order valence-electron chi connectivity index (χ1n) is 8.97. The molecule has 1 aliphatic rings. The standard InChI is InChI=1S/C19H21Cl2N3O4S/c1-12-8-15(5-6-16(12)21)29(26,27)23-17-9-13(20)10-22-18(17)19(25)24-7-3-4-14(24)11-28-2/h5-6,8-10,14,23H,3-4,7,11H2,1-2H3/t14-/m0/s1. The van der Waals surface area contributed by atoms with Crippen molar-refractivity contribution in [3.63, 3.8) is 0 Å². The van der Waals surface area contributed by atoms with Gasteiger partial charge in [-0.3, -0.25) is 9.52 Å². The van der Waals surface area contributed by atoms with E-state index in [9.17, 15) is 13.2 Å². The Morgan fingerprint density at radius 1 is 1.34 bits per heavy atom. The molecule has 7 nitrogen and oxygen atoms in total. The van der Waals surface area contributed by atoms with Crippen LogP contribution in [0.15, 0.2) is 35.4 Å². The number of halogens is 2. The molecule has 3 rings (SSSR count). The lowest BCUT2D eigenvalue weighted by Crippen LogP contribution is -2.39. The number of pyridine rings is 1. The molecule has 1 aromatic heterocycles. The third-order valence-corrected chi connectivity index (χ3v) is 6.73. The molecule has 0 spiro atoms. The quantitative estimate of drug-likeness (QED) is 0.713. The van der Waals surface area contributed by atoms with Gasteiger partial charge in [0.2, 0.25) is 0 Å². The van der Waals surface area contributed by atoms with Gasteiger partial charge in [-0.1, -0.05) is 23.2 Å². The highest BCUT2D eigenvalue weighted by atomic mass is 35.5. The summed E-state index contributed by atoms with van der Waals surface area (Å²) in [5, 5.41) is 0.670. The maximum atomic E-state index is 13.1. The topological polar surface area (TPSA) is 88.6 Å². The van der Waals surface area contributed by atoms with E-state index in [-0.39, 0.29) is 33.2 Å². The lowest BCUT2D eigenvalue weighted by molar-refractivity contribution is 0.0626. The van der Waals surface area contributed by atoms with Crippen LogP contribution in [0.25, 0.3) is 0 Å². The maximum absolute atomic E-state index is 13.1. The summed E-state index contributed by atoms with van der Waals surface area (Å²) in [4.78, 5) is 18.9. The molecule has 1 saturated heterocycles. The van der Waals surface area contributed by atoms with Crippen LogP contribution in [0.1, 0.15) is 28.9 Å². The molecule has 1 atom stereocenters. The van der Waals surface area contributed by atoms with Crippen molar-refractivity contribution in [1.82, 2.24) is 9.88 Å². The molecule has 2 aromatic rings. The molecule has 0 radical (unpaired) electrons. The maximum Gasteiger partial charge on any atom is 0.274 e. The molecule has 10 heteroatoms. The fraction of sp³-hybridized carbons (Fsp3) is 0.368. The molecule has 0 saturated carbocycles. The summed E-state index contributed by atoms with van der Waals surface area (Å²) in [6.07, 6.45) is 2.98. The van der Waals surface area contributed by atoms with Crippen molar-refractivity contribution in [2.24, 2.45) is 0 Å². The van der Waals surface area contributed by atoms with E-state index in [1.165, 1.54) is 30.5 Å². The predicted octanol–water partition coefficient (Wildman–Crippen LogP) is 3.75. The number of nitrogens with zero attached hydrogens (tertiary/aromatic N) is 2. The first-order chi connectivity index (χ1) is 13.7. The Morgan fingerprint density at radius 2 is 2.10 bits per heavy atom. The number of carbonyl (C=O) groups excluding carboxylic acids is 1. The average Bonchev–Trinajstić information content (AvgIpc) is 3.12. The highest BCUT2D eigenvalue weighted by molar-refractivity contribution is 7.92. The summed E-state index contributed by atoms with van der Waals surface area (Å²) < 4.78 is 33.4. The third kappa shape index (κ3) is 4.83. The average molecular weight is 458 g/mol. The van der Waals surface area contributed by atoms with E-state index < -0.39 is 10.0 Å². The number of amides is 1. The summed E-state index contributed by atoms with van der Waals surface area (Å²) >= 11 is 12.0. The molecule has 2 heterocycles. The predicted molar refractivity (Wildman–Crippen MR) is 112 cm³/mol. The van der Waals surface area contributed by atoms with Crippen LogP contribution >= 0.6 is 23.2 Å². The number of hydrogen-bond acceptors (Lipinski definition) is 5. The van der Waals surface area contributed by atoms with E-state index in [0.29, 0.717) is 23.7 Å². The van der Waals surface area contributed by atoms with E-state index in [2.05, 4.69) is 9.71 Å². The van der Waals surface area contributed by atoms with Crippen molar-refractivity contribution in [2.45, 2.75) is 30.7 Å². The zero-order valence-electron chi connectivity index (χ0n) is 16.0. The number of aromatic nitrogens is 1. The Labute approximate surface area is 180 Å². The Balaban J connectivity index is 1.94. The van der Waals surface area contributed by atoms with Gasteiger partial charge >= 0.3 is 0 Å². The number of rotatable bonds is 6. The van der Waals surface area contributed by atoms with Crippen LogP contribution in [0, 0.1) is 6.92 Å². The minimum Gasteiger partial charge on any atom is -0.383 e. The number of hydrogen-bond donors (Lipinski definition) is 1.